The number of carbonyl (C=O) groups is 1. The maximum Gasteiger partial charge on any atom is 0.422 e. The molecule has 2 aromatic rings. The van der Waals surface area contributed by atoms with Crippen molar-refractivity contribution in [2.75, 3.05) is 6.61 Å². The zero-order valence-corrected chi connectivity index (χ0v) is 16.7. The Balaban J connectivity index is 1.57. The summed E-state index contributed by atoms with van der Waals surface area (Å²) < 4.78 is 44.5. The number of aromatic nitrogens is 5. The fourth-order valence-corrected chi connectivity index (χ4v) is 3.67. The third kappa shape index (κ3) is 4.71. The van der Waals surface area contributed by atoms with Gasteiger partial charge in [0.05, 0.1) is 5.54 Å². The third-order valence-electron chi connectivity index (χ3n) is 5.43. The number of alkyl halides is 3. The summed E-state index contributed by atoms with van der Waals surface area (Å²) in [7, 11) is 1.69. The summed E-state index contributed by atoms with van der Waals surface area (Å²) in [6, 6.07) is 1.29. The Morgan fingerprint density at radius 2 is 2.03 bits per heavy atom. The minimum Gasteiger partial charge on any atom is -0.484 e. The highest BCUT2D eigenvalue weighted by molar-refractivity contribution is 5.93. The van der Waals surface area contributed by atoms with E-state index in [1.165, 1.54) is 16.9 Å². The van der Waals surface area contributed by atoms with Crippen molar-refractivity contribution in [3.63, 3.8) is 0 Å². The van der Waals surface area contributed by atoms with Crippen molar-refractivity contribution in [1.82, 2.24) is 30.5 Å². The summed E-state index contributed by atoms with van der Waals surface area (Å²) in [6.07, 6.45) is 1.52. The van der Waals surface area contributed by atoms with Gasteiger partial charge in [0.25, 0.3) is 5.91 Å². The highest BCUT2D eigenvalue weighted by atomic mass is 19.4. The molecule has 0 bridgehead atoms. The summed E-state index contributed by atoms with van der Waals surface area (Å²) in [5, 5.41) is 14.5. The lowest BCUT2D eigenvalue weighted by molar-refractivity contribution is -0.153. The van der Waals surface area contributed by atoms with E-state index in [0.717, 1.165) is 25.7 Å². The van der Waals surface area contributed by atoms with Gasteiger partial charge in [-0.2, -0.15) is 13.2 Å². The van der Waals surface area contributed by atoms with Crippen LogP contribution >= 0.6 is 0 Å². The van der Waals surface area contributed by atoms with E-state index in [2.05, 4.69) is 25.8 Å². The molecule has 2 aliphatic rings. The summed E-state index contributed by atoms with van der Waals surface area (Å²) in [6.45, 7) is 0.427. The Labute approximate surface area is 171 Å². The number of hydrogen-bond donors (Lipinski definition) is 1. The molecule has 8 nitrogen and oxygen atoms in total. The fraction of sp³-hybridized carbons (Fsp3) is 0.632. The minimum absolute atomic E-state index is 0.00581. The van der Waals surface area contributed by atoms with Gasteiger partial charge in [0.15, 0.2) is 12.4 Å². The topological polar surface area (TPSA) is 94.8 Å². The van der Waals surface area contributed by atoms with Gasteiger partial charge in [0, 0.05) is 24.9 Å². The number of amides is 1. The van der Waals surface area contributed by atoms with Gasteiger partial charge < -0.3 is 10.1 Å². The van der Waals surface area contributed by atoms with E-state index in [1.54, 1.807) is 7.05 Å². The molecule has 2 heterocycles. The summed E-state index contributed by atoms with van der Waals surface area (Å²) in [5.41, 5.74) is -0.233. The van der Waals surface area contributed by atoms with Crippen LogP contribution in [-0.2, 0) is 12.6 Å². The second-order valence-corrected chi connectivity index (χ2v) is 8.35. The van der Waals surface area contributed by atoms with Crippen LogP contribution in [0.1, 0.15) is 66.8 Å². The van der Waals surface area contributed by atoms with Crippen LogP contribution in [0.25, 0.3) is 0 Å². The second-order valence-electron chi connectivity index (χ2n) is 8.35. The average molecular weight is 424 g/mol. The second kappa shape index (κ2) is 7.51. The molecule has 2 aliphatic carbocycles. The van der Waals surface area contributed by atoms with E-state index >= 15 is 0 Å². The Bertz CT molecular complexity index is 939. The number of hydrogen-bond acceptors (Lipinski definition) is 6. The van der Waals surface area contributed by atoms with Gasteiger partial charge in [-0.3, -0.25) is 9.78 Å². The number of rotatable bonds is 8. The molecule has 2 fully saturated rings. The molecule has 1 amide bonds. The lowest BCUT2D eigenvalue weighted by Gasteiger charge is -2.29. The lowest BCUT2D eigenvalue weighted by Crippen LogP contribution is -2.46. The van der Waals surface area contributed by atoms with E-state index in [4.69, 9.17) is 4.74 Å². The summed E-state index contributed by atoms with van der Waals surface area (Å²) >= 11 is 0. The highest BCUT2D eigenvalue weighted by Gasteiger charge is 2.40. The van der Waals surface area contributed by atoms with Crippen LogP contribution in [0.2, 0.25) is 0 Å². The van der Waals surface area contributed by atoms with E-state index in [1.807, 2.05) is 6.92 Å². The minimum atomic E-state index is -4.46. The molecule has 30 heavy (non-hydrogen) atoms. The van der Waals surface area contributed by atoms with Crippen LogP contribution in [0.3, 0.4) is 0 Å². The van der Waals surface area contributed by atoms with Crippen LogP contribution in [0.15, 0.2) is 12.3 Å². The molecule has 0 radical (unpaired) electrons. The normalized spacial score (nSPS) is 18.7. The molecule has 4 rings (SSSR count). The Morgan fingerprint density at radius 3 is 2.60 bits per heavy atom. The Hall–Kier alpha value is -2.72. The predicted molar refractivity (Wildman–Crippen MR) is 98.7 cm³/mol. The standard InChI is InChI=1S/C19H23F3N6O2/c1-18(8-11-3-4-11,17-25-26-27-28(17)2)24-16(29)14-7-15(30-10-19(20,21)22)13(9-23-14)12-5-6-12/h7,9,11-12H,3-6,8,10H2,1-2H3,(H,24,29)/t18-/m1/s1. The molecular weight excluding hydrogens is 401 g/mol. The zero-order chi connectivity index (χ0) is 21.5. The first-order valence-electron chi connectivity index (χ1n) is 9.89. The number of aryl methyl sites for hydroxylation is 1. The largest absolute Gasteiger partial charge is 0.484 e. The van der Waals surface area contributed by atoms with Crippen molar-refractivity contribution in [3.05, 3.63) is 29.3 Å². The predicted octanol–water partition coefficient (Wildman–Crippen LogP) is 2.87. The molecular formula is C19H23F3N6O2. The number of tetrazole rings is 1. The number of ether oxygens (including phenoxy) is 1. The van der Waals surface area contributed by atoms with Gasteiger partial charge in [-0.1, -0.05) is 12.8 Å². The smallest absolute Gasteiger partial charge is 0.422 e. The summed E-state index contributed by atoms with van der Waals surface area (Å²) in [4.78, 5) is 17.2. The molecule has 162 valence electrons. The highest BCUT2D eigenvalue weighted by Crippen LogP contribution is 2.44. The van der Waals surface area contributed by atoms with E-state index in [0.29, 0.717) is 23.7 Å². The molecule has 11 heteroatoms. The van der Waals surface area contributed by atoms with Crippen LogP contribution in [-0.4, -0.2) is 43.9 Å². The van der Waals surface area contributed by atoms with Crippen molar-refractivity contribution in [2.24, 2.45) is 13.0 Å². The number of nitrogens with one attached hydrogen (secondary N) is 1. The van der Waals surface area contributed by atoms with Gasteiger partial charge in [-0.25, -0.2) is 4.68 Å². The van der Waals surface area contributed by atoms with Crippen LogP contribution in [0.4, 0.5) is 13.2 Å². The molecule has 1 atom stereocenters. The zero-order valence-electron chi connectivity index (χ0n) is 16.7. The fourth-order valence-electron chi connectivity index (χ4n) is 3.67. The van der Waals surface area contributed by atoms with Crippen molar-refractivity contribution in [3.8, 4) is 5.75 Å². The van der Waals surface area contributed by atoms with Gasteiger partial charge >= 0.3 is 6.18 Å². The maximum atomic E-state index is 13.0. The first kappa shape index (κ1) is 20.5. The van der Waals surface area contributed by atoms with E-state index in [9.17, 15) is 18.0 Å². The monoisotopic (exact) mass is 424 g/mol. The van der Waals surface area contributed by atoms with Crippen molar-refractivity contribution in [2.45, 2.75) is 56.7 Å². The van der Waals surface area contributed by atoms with Gasteiger partial charge in [-0.15, -0.1) is 5.10 Å². The van der Waals surface area contributed by atoms with Gasteiger partial charge in [0.2, 0.25) is 0 Å². The first-order valence-corrected chi connectivity index (χ1v) is 9.89. The molecule has 0 spiro atoms. The molecule has 0 aliphatic heterocycles. The number of nitrogens with zero attached hydrogens (tertiary/aromatic N) is 5. The number of pyridine rings is 1. The average Bonchev–Trinajstić information content (AvgIpc) is 3.59. The summed E-state index contributed by atoms with van der Waals surface area (Å²) in [5.74, 6) is 0.635. The molecule has 2 aromatic heterocycles. The SMILES string of the molecule is Cn1nnnc1[C@@](C)(CC1CC1)NC(=O)c1cc(OCC(F)(F)F)c(C2CC2)cn1. The van der Waals surface area contributed by atoms with Gasteiger partial charge in [-0.05, 0) is 48.4 Å². The Kier molecular flexibility index (Phi) is 5.15. The van der Waals surface area contributed by atoms with Crippen LogP contribution < -0.4 is 10.1 Å². The van der Waals surface area contributed by atoms with Gasteiger partial charge in [0.1, 0.15) is 11.4 Å². The number of carbonyl (C=O) groups excluding carboxylic acids is 1. The third-order valence-corrected chi connectivity index (χ3v) is 5.43. The number of halogens is 3. The quantitative estimate of drug-likeness (QED) is 0.700. The molecule has 0 unspecified atom stereocenters. The van der Waals surface area contributed by atoms with Crippen LogP contribution in [0, 0.1) is 5.92 Å². The van der Waals surface area contributed by atoms with E-state index < -0.39 is 24.2 Å². The van der Waals surface area contributed by atoms with E-state index in [-0.39, 0.29) is 17.4 Å². The molecule has 1 N–H and O–H groups in total. The molecule has 0 saturated heterocycles. The Morgan fingerprint density at radius 1 is 1.30 bits per heavy atom. The van der Waals surface area contributed by atoms with Crippen molar-refractivity contribution < 1.29 is 22.7 Å². The first-order chi connectivity index (χ1) is 14.1. The maximum absolute atomic E-state index is 13.0. The van der Waals surface area contributed by atoms with Crippen molar-refractivity contribution >= 4 is 5.91 Å². The van der Waals surface area contributed by atoms with Crippen LogP contribution in [0.5, 0.6) is 5.75 Å². The molecule has 0 aromatic carbocycles. The lowest BCUT2D eigenvalue weighted by atomic mass is 9.93. The van der Waals surface area contributed by atoms with Crippen molar-refractivity contribution in [1.29, 1.82) is 0 Å². The molecule has 2 saturated carbocycles.